The second-order valence-corrected chi connectivity index (χ2v) is 8.58. The van der Waals surface area contributed by atoms with Crippen molar-refractivity contribution in [2.24, 2.45) is 11.8 Å². The van der Waals surface area contributed by atoms with E-state index in [2.05, 4.69) is 10.2 Å². The summed E-state index contributed by atoms with van der Waals surface area (Å²) in [6, 6.07) is 9.55. The highest BCUT2D eigenvalue weighted by Crippen LogP contribution is 2.49. The molecule has 0 radical (unpaired) electrons. The van der Waals surface area contributed by atoms with Gasteiger partial charge in [0.05, 0.1) is 12.1 Å². The van der Waals surface area contributed by atoms with E-state index in [9.17, 15) is 19.1 Å². The number of likely N-dealkylation sites (tertiary alicyclic amines) is 1. The van der Waals surface area contributed by atoms with Crippen LogP contribution in [0.15, 0.2) is 47.3 Å². The molecule has 170 valence electrons. The standard InChI is InChI=1S/C25H30FN3O3/c1-3-7-16-10-11-21-22-18(14-29(21)25(16)32)19(15-30)23(28(22)12-4-2)24(31)27-13-17-8-5-6-9-20(17)26/h3,5-11,18-19,22-23,30H,4,12-15H2,1-2H3,(H,27,31)/b7-3-/t18-,19-,22+,23-/m1/s1. The molecule has 32 heavy (non-hydrogen) atoms. The molecule has 2 N–H and O–H groups in total. The van der Waals surface area contributed by atoms with E-state index < -0.39 is 6.04 Å². The number of hydrogen-bond donors (Lipinski definition) is 2. The van der Waals surface area contributed by atoms with Crippen LogP contribution in [-0.4, -0.2) is 39.7 Å². The molecule has 4 atom stereocenters. The molecule has 0 aliphatic carbocycles. The van der Waals surface area contributed by atoms with Crippen LogP contribution in [0, 0.1) is 17.7 Å². The first-order chi connectivity index (χ1) is 15.5. The van der Waals surface area contributed by atoms with Gasteiger partial charge in [-0.3, -0.25) is 14.5 Å². The summed E-state index contributed by atoms with van der Waals surface area (Å²) < 4.78 is 15.8. The number of carbonyl (C=O) groups excluding carboxylic acids is 1. The molecule has 6 nitrogen and oxygen atoms in total. The highest BCUT2D eigenvalue weighted by Gasteiger charge is 2.55. The predicted molar refractivity (Wildman–Crippen MR) is 121 cm³/mol. The van der Waals surface area contributed by atoms with Crippen LogP contribution in [-0.2, 0) is 17.9 Å². The number of benzene rings is 1. The van der Waals surface area contributed by atoms with Gasteiger partial charge in [-0.2, -0.15) is 0 Å². The van der Waals surface area contributed by atoms with Crippen LogP contribution >= 0.6 is 0 Å². The number of aliphatic hydroxyl groups excluding tert-OH is 1. The Hall–Kier alpha value is -2.77. The van der Waals surface area contributed by atoms with Gasteiger partial charge in [0, 0.05) is 48.4 Å². The van der Waals surface area contributed by atoms with Crippen molar-refractivity contribution in [1.82, 2.24) is 14.8 Å². The molecule has 1 amide bonds. The van der Waals surface area contributed by atoms with E-state index >= 15 is 0 Å². The maximum Gasteiger partial charge on any atom is 0.258 e. The van der Waals surface area contributed by atoms with Crippen molar-refractivity contribution in [1.29, 1.82) is 0 Å². The lowest BCUT2D eigenvalue weighted by Crippen LogP contribution is -2.48. The number of hydrogen-bond acceptors (Lipinski definition) is 4. The summed E-state index contributed by atoms with van der Waals surface area (Å²) in [4.78, 5) is 28.4. The topological polar surface area (TPSA) is 74.6 Å². The number of rotatable bonds is 7. The highest BCUT2D eigenvalue weighted by atomic mass is 19.1. The molecule has 1 aromatic carbocycles. The zero-order valence-electron chi connectivity index (χ0n) is 18.5. The van der Waals surface area contributed by atoms with E-state index in [0.717, 1.165) is 12.1 Å². The Morgan fingerprint density at radius 3 is 2.75 bits per heavy atom. The van der Waals surface area contributed by atoms with Gasteiger partial charge >= 0.3 is 0 Å². The number of pyridine rings is 1. The molecule has 0 bridgehead atoms. The minimum atomic E-state index is -0.527. The molecule has 1 aromatic heterocycles. The number of amides is 1. The zero-order chi connectivity index (χ0) is 22.8. The van der Waals surface area contributed by atoms with Gasteiger partial charge in [-0.25, -0.2) is 4.39 Å². The Labute approximate surface area is 187 Å². The van der Waals surface area contributed by atoms with Gasteiger partial charge in [-0.05, 0) is 38.1 Å². The molecular weight excluding hydrogens is 409 g/mol. The summed E-state index contributed by atoms with van der Waals surface area (Å²) in [5.74, 6) is -0.916. The second-order valence-electron chi connectivity index (χ2n) is 8.58. The van der Waals surface area contributed by atoms with Crippen LogP contribution in [0.3, 0.4) is 0 Å². The quantitative estimate of drug-likeness (QED) is 0.696. The minimum Gasteiger partial charge on any atom is -0.396 e. The van der Waals surface area contributed by atoms with E-state index in [1.165, 1.54) is 6.07 Å². The third-order valence-corrected chi connectivity index (χ3v) is 6.73. The molecule has 1 saturated heterocycles. The number of halogens is 1. The van der Waals surface area contributed by atoms with Gasteiger partial charge in [0.1, 0.15) is 5.82 Å². The smallest absolute Gasteiger partial charge is 0.258 e. The summed E-state index contributed by atoms with van der Waals surface area (Å²) in [5.41, 5.74) is 1.92. The second kappa shape index (κ2) is 9.38. The lowest BCUT2D eigenvalue weighted by atomic mass is 9.88. The van der Waals surface area contributed by atoms with Crippen LogP contribution in [0.25, 0.3) is 6.08 Å². The van der Waals surface area contributed by atoms with Gasteiger partial charge in [-0.1, -0.05) is 37.3 Å². The van der Waals surface area contributed by atoms with Crippen LogP contribution in [0.1, 0.15) is 43.1 Å². The molecule has 0 saturated carbocycles. The molecule has 7 heteroatoms. The maximum absolute atomic E-state index is 14.0. The number of nitrogens with zero attached hydrogens (tertiary/aromatic N) is 2. The lowest BCUT2D eigenvalue weighted by molar-refractivity contribution is -0.127. The zero-order valence-corrected chi connectivity index (χ0v) is 18.5. The van der Waals surface area contributed by atoms with Crippen molar-refractivity contribution in [3.63, 3.8) is 0 Å². The fourth-order valence-electron chi connectivity index (χ4n) is 5.38. The molecule has 1 fully saturated rings. The van der Waals surface area contributed by atoms with E-state index in [1.54, 1.807) is 28.8 Å². The fraction of sp³-hybridized carbons (Fsp3) is 0.440. The maximum atomic E-state index is 14.0. The number of allylic oxidation sites excluding steroid dienone is 1. The first-order valence-corrected chi connectivity index (χ1v) is 11.3. The molecule has 2 aliphatic heterocycles. The highest BCUT2D eigenvalue weighted by molar-refractivity contribution is 5.82. The number of aliphatic hydroxyl groups is 1. The van der Waals surface area contributed by atoms with Gasteiger partial charge in [0.2, 0.25) is 5.91 Å². The average Bonchev–Trinajstić information content (AvgIpc) is 3.31. The lowest BCUT2D eigenvalue weighted by Gasteiger charge is -2.30. The minimum absolute atomic E-state index is 0.0377. The first-order valence-electron chi connectivity index (χ1n) is 11.3. The molecule has 2 aromatic rings. The first kappa shape index (κ1) is 22.4. The van der Waals surface area contributed by atoms with Crippen molar-refractivity contribution < 1.29 is 14.3 Å². The van der Waals surface area contributed by atoms with E-state index in [1.807, 2.05) is 32.1 Å². The Morgan fingerprint density at radius 2 is 2.06 bits per heavy atom. The average molecular weight is 440 g/mol. The van der Waals surface area contributed by atoms with Crippen molar-refractivity contribution in [2.45, 2.75) is 45.4 Å². The largest absolute Gasteiger partial charge is 0.396 e. The predicted octanol–water partition coefficient (Wildman–Crippen LogP) is 2.71. The molecule has 2 aliphatic rings. The number of aromatic nitrogens is 1. The Bertz CT molecular complexity index is 1080. The summed E-state index contributed by atoms with van der Waals surface area (Å²) in [6.07, 6.45) is 4.48. The summed E-state index contributed by atoms with van der Waals surface area (Å²) in [5, 5.41) is 13.1. The SMILES string of the molecule is C/C=C\c1ccc2n(c1=O)C[C@@H]1[C@@H](CO)[C@H](C(=O)NCc3ccccc3F)N(CCC)[C@H]21. The number of carbonyl (C=O) groups is 1. The van der Waals surface area contributed by atoms with Gasteiger partial charge < -0.3 is 15.0 Å². The Morgan fingerprint density at radius 1 is 1.28 bits per heavy atom. The van der Waals surface area contributed by atoms with Crippen LogP contribution in [0.4, 0.5) is 4.39 Å². The van der Waals surface area contributed by atoms with Gasteiger partial charge in [0.25, 0.3) is 5.56 Å². The van der Waals surface area contributed by atoms with Gasteiger partial charge in [-0.15, -0.1) is 0 Å². The van der Waals surface area contributed by atoms with E-state index in [0.29, 0.717) is 24.2 Å². The van der Waals surface area contributed by atoms with Crippen molar-refractivity contribution >= 4 is 12.0 Å². The van der Waals surface area contributed by atoms with E-state index in [4.69, 9.17) is 0 Å². The summed E-state index contributed by atoms with van der Waals surface area (Å²) >= 11 is 0. The van der Waals surface area contributed by atoms with Crippen LogP contribution in [0.5, 0.6) is 0 Å². The molecule has 0 unspecified atom stereocenters. The summed E-state index contributed by atoms with van der Waals surface area (Å²) in [7, 11) is 0. The van der Waals surface area contributed by atoms with Gasteiger partial charge in [0.15, 0.2) is 0 Å². The fourth-order valence-corrected chi connectivity index (χ4v) is 5.38. The monoisotopic (exact) mass is 439 g/mol. The normalized spacial score (nSPS) is 24.6. The Balaban J connectivity index is 1.64. The summed E-state index contributed by atoms with van der Waals surface area (Å²) in [6.45, 7) is 5.02. The number of fused-ring (bicyclic) bond motifs is 3. The van der Waals surface area contributed by atoms with Crippen molar-refractivity contribution in [3.8, 4) is 0 Å². The Kier molecular flexibility index (Phi) is 6.58. The van der Waals surface area contributed by atoms with Crippen LogP contribution in [0.2, 0.25) is 0 Å². The van der Waals surface area contributed by atoms with E-state index in [-0.39, 0.29) is 48.3 Å². The third kappa shape index (κ3) is 3.80. The molecular formula is C25H30FN3O3. The molecule has 3 heterocycles. The molecule has 4 rings (SSSR count). The number of nitrogens with one attached hydrogen (secondary N) is 1. The van der Waals surface area contributed by atoms with Crippen molar-refractivity contribution in [3.05, 3.63) is 75.5 Å². The third-order valence-electron chi connectivity index (χ3n) is 6.73. The molecule has 0 spiro atoms. The van der Waals surface area contributed by atoms with Crippen molar-refractivity contribution in [2.75, 3.05) is 13.2 Å². The van der Waals surface area contributed by atoms with Crippen LogP contribution < -0.4 is 10.9 Å².